The van der Waals surface area contributed by atoms with Gasteiger partial charge in [-0.05, 0) is 68.5 Å². The molecule has 3 amide bonds. The van der Waals surface area contributed by atoms with Crippen molar-refractivity contribution >= 4 is 67.8 Å². The normalized spacial score (nSPS) is 14.8. The summed E-state index contributed by atoms with van der Waals surface area (Å²) in [7, 11) is -4.09. The van der Waals surface area contributed by atoms with Crippen LogP contribution < -0.4 is 15.4 Å². The third-order valence-corrected chi connectivity index (χ3v) is 12.8. The second-order valence-electron chi connectivity index (χ2n) is 15.3. The van der Waals surface area contributed by atoms with Crippen LogP contribution in [-0.4, -0.2) is 74.1 Å². The smallest absolute Gasteiger partial charge is 0.361 e. The van der Waals surface area contributed by atoms with Crippen molar-refractivity contribution in [1.82, 2.24) is 29.9 Å². The Kier molecular flexibility index (Phi) is 15.6. The Morgan fingerprint density at radius 2 is 1.57 bits per heavy atom. The second kappa shape index (κ2) is 20.0. The van der Waals surface area contributed by atoms with E-state index in [0.29, 0.717) is 10.7 Å². The number of fused-ring (bicyclic) bond motifs is 2. The molecule has 0 spiro atoms. The first-order valence-electron chi connectivity index (χ1n) is 19.9. The highest BCUT2D eigenvalue weighted by molar-refractivity contribution is 7.86. The van der Waals surface area contributed by atoms with Gasteiger partial charge in [0, 0.05) is 52.5 Å². The summed E-state index contributed by atoms with van der Waals surface area (Å²) < 4.78 is 169. The van der Waals surface area contributed by atoms with Crippen LogP contribution in [0.1, 0.15) is 74.1 Å². The van der Waals surface area contributed by atoms with Crippen molar-refractivity contribution in [3.8, 4) is 23.0 Å². The molecule has 3 N–H and O–H groups in total. The molecule has 13 nitrogen and oxygen atoms in total. The van der Waals surface area contributed by atoms with Crippen molar-refractivity contribution in [2.75, 3.05) is 16.8 Å². The fourth-order valence-corrected chi connectivity index (χ4v) is 8.24. The largest absolute Gasteiger partial charge is 0.435 e. The van der Waals surface area contributed by atoms with Gasteiger partial charge in [0.1, 0.15) is 51.8 Å². The van der Waals surface area contributed by atoms with E-state index in [2.05, 4.69) is 32.3 Å². The maximum atomic E-state index is 15.1. The SMILES string of the molecule is CC.CS(=O)N(C(=O)C(N)=O)c1nn(CC(F)(F)F)c2c(-c3ccc(C#CC(C)(C)S(C)=O)nc3C(Cc3cc(F)cc(F)c3)NC(=O)Cn3nc(C(F)(F)F)c4c3C(F)(F)CC4)ccc(Cl)c12. The lowest BCUT2D eigenvalue weighted by Gasteiger charge is -2.23. The lowest BCUT2D eigenvalue weighted by molar-refractivity contribution is -0.143. The van der Waals surface area contributed by atoms with E-state index >= 15 is 8.78 Å². The number of amides is 3. The first-order valence-corrected chi connectivity index (χ1v) is 23.3. The number of primary amides is 1. The van der Waals surface area contributed by atoms with Crippen LogP contribution in [0.3, 0.4) is 0 Å². The summed E-state index contributed by atoms with van der Waals surface area (Å²) >= 11 is 6.54. The van der Waals surface area contributed by atoms with Crippen molar-refractivity contribution in [1.29, 1.82) is 0 Å². The molecular formula is C42H39ClF10N8O5S2. The molecule has 0 bridgehead atoms. The summed E-state index contributed by atoms with van der Waals surface area (Å²) in [5.74, 6) is -6.06. The van der Waals surface area contributed by atoms with E-state index in [1.807, 2.05) is 13.8 Å². The van der Waals surface area contributed by atoms with E-state index in [4.69, 9.17) is 17.3 Å². The number of halogens is 11. The fraction of sp³-hybridized carbons (Fsp3) is 0.381. The highest BCUT2D eigenvalue weighted by atomic mass is 35.5. The van der Waals surface area contributed by atoms with Gasteiger partial charge in [0.15, 0.2) is 11.5 Å². The van der Waals surface area contributed by atoms with Gasteiger partial charge >= 0.3 is 24.2 Å². The van der Waals surface area contributed by atoms with Gasteiger partial charge in [-0.15, -0.1) is 0 Å². The number of nitrogens with one attached hydrogen (secondary N) is 1. The fourth-order valence-electron chi connectivity index (χ4n) is 7.11. The predicted octanol–water partition coefficient (Wildman–Crippen LogP) is 7.59. The first-order chi connectivity index (χ1) is 31.5. The van der Waals surface area contributed by atoms with Gasteiger partial charge in [-0.1, -0.05) is 37.4 Å². The molecule has 0 fully saturated rings. The zero-order valence-electron chi connectivity index (χ0n) is 36.4. The van der Waals surface area contributed by atoms with E-state index in [1.54, 1.807) is 0 Å². The molecule has 3 aromatic heterocycles. The number of nitrogens with zero attached hydrogens (tertiary/aromatic N) is 6. The Morgan fingerprint density at radius 1 is 0.956 bits per heavy atom. The van der Waals surface area contributed by atoms with Crippen LogP contribution in [0, 0.1) is 23.5 Å². The number of benzene rings is 2. The van der Waals surface area contributed by atoms with Crippen LogP contribution in [0.15, 0.2) is 42.5 Å². The van der Waals surface area contributed by atoms with Crippen LogP contribution in [0.25, 0.3) is 22.0 Å². The lowest BCUT2D eigenvalue weighted by atomic mass is 9.93. The Morgan fingerprint density at radius 3 is 2.13 bits per heavy atom. The van der Waals surface area contributed by atoms with Crippen molar-refractivity contribution < 1.29 is 66.7 Å². The molecule has 68 heavy (non-hydrogen) atoms. The highest BCUT2D eigenvalue weighted by Crippen LogP contribution is 2.47. The highest BCUT2D eigenvalue weighted by Gasteiger charge is 2.50. The Hall–Kier alpha value is -5.87. The molecule has 0 saturated carbocycles. The minimum absolute atomic E-state index is 0.161. The molecule has 0 radical (unpaired) electrons. The second-order valence-corrected chi connectivity index (χ2v) is 18.8. The number of hydrogen-bond donors (Lipinski definition) is 2. The predicted molar refractivity (Wildman–Crippen MR) is 232 cm³/mol. The number of nitrogens with two attached hydrogens (primary N) is 1. The topological polar surface area (TPSA) is 175 Å². The van der Waals surface area contributed by atoms with E-state index in [1.165, 1.54) is 32.2 Å². The van der Waals surface area contributed by atoms with Crippen molar-refractivity contribution in [3.63, 3.8) is 0 Å². The van der Waals surface area contributed by atoms with Crippen molar-refractivity contribution in [2.45, 2.75) is 89.1 Å². The van der Waals surface area contributed by atoms with Crippen LogP contribution in [0.4, 0.5) is 49.7 Å². The molecular weight excluding hydrogens is 986 g/mol. The van der Waals surface area contributed by atoms with Gasteiger partial charge in [-0.3, -0.25) is 28.0 Å². The number of pyridine rings is 1. The summed E-state index contributed by atoms with van der Waals surface area (Å²) in [5, 5.41) is 8.74. The standard InChI is InChI=1S/C40H33ClF10N8O5S2.C2H6/c1-37(2,65(3)63)11-9-22-5-6-23(24-7-8-26(41)29-31(24)58(18-39(46,47)48)56-35(29)59(66(4)64)36(62)34(52)61)30(53-22)27(15-19-13-20(42)16-21(43)14-19)54-28(60)17-57-33-25(10-12-38(33,44)45)32(55-57)40(49,50)51;1-2/h5-8,13-14,16,27H,10,12,15,17-18H2,1-4H3,(H2,52,61)(H,54,60);1-2H3. The molecule has 6 rings (SSSR count). The van der Waals surface area contributed by atoms with Gasteiger partial charge in [0.05, 0.1) is 27.7 Å². The van der Waals surface area contributed by atoms with Crippen LogP contribution in [0.5, 0.6) is 0 Å². The van der Waals surface area contributed by atoms with Gasteiger partial charge in [-0.25, -0.2) is 22.3 Å². The van der Waals surface area contributed by atoms with Crippen molar-refractivity contribution in [2.24, 2.45) is 5.73 Å². The van der Waals surface area contributed by atoms with Gasteiger partial charge in [-0.2, -0.15) is 45.3 Å². The number of alkyl halides is 8. The third kappa shape index (κ3) is 11.5. The molecule has 26 heteroatoms. The molecule has 1 aliphatic rings. The average Bonchev–Trinajstić information content (AvgIpc) is 3.88. The zero-order chi connectivity index (χ0) is 51.0. The lowest BCUT2D eigenvalue weighted by Crippen LogP contribution is -2.41. The van der Waals surface area contributed by atoms with E-state index in [-0.39, 0.29) is 37.1 Å². The number of rotatable bonds is 11. The molecule has 1 aliphatic carbocycles. The summed E-state index contributed by atoms with van der Waals surface area (Å²) in [6, 6.07) is 5.18. The van der Waals surface area contributed by atoms with Crippen LogP contribution in [0.2, 0.25) is 5.02 Å². The molecule has 3 atom stereocenters. The Balaban J connectivity index is 0.00000426. The number of aromatic nitrogens is 5. The monoisotopic (exact) mass is 1020 g/mol. The van der Waals surface area contributed by atoms with Gasteiger partial charge in [0.2, 0.25) is 5.91 Å². The molecule has 366 valence electrons. The molecule has 0 saturated heterocycles. The number of carbonyl (C=O) groups excluding carboxylic acids is 3. The molecule has 5 aromatic rings. The summed E-state index contributed by atoms with van der Waals surface area (Å²) in [5.41, 5.74) is -0.291. The third-order valence-electron chi connectivity index (χ3n) is 10.1. The maximum Gasteiger partial charge on any atom is 0.435 e. The maximum absolute atomic E-state index is 15.1. The zero-order valence-corrected chi connectivity index (χ0v) is 38.8. The van der Waals surface area contributed by atoms with E-state index in [0.717, 1.165) is 30.5 Å². The van der Waals surface area contributed by atoms with Crippen LogP contribution >= 0.6 is 11.6 Å². The Labute approximate surface area is 390 Å². The van der Waals surface area contributed by atoms with E-state index in [9.17, 15) is 57.9 Å². The first kappa shape index (κ1) is 53.1. The number of hydrogen-bond acceptors (Lipinski definition) is 8. The Bertz CT molecular complexity index is 2910. The molecule has 2 aromatic carbocycles. The average molecular weight is 1030 g/mol. The minimum Gasteiger partial charge on any atom is -0.361 e. The molecule has 0 aliphatic heterocycles. The van der Waals surface area contributed by atoms with Crippen molar-refractivity contribution in [3.05, 3.63) is 93.0 Å². The van der Waals surface area contributed by atoms with Crippen LogP contribution in [-0.2, 0) is 74.2 Å². The molecule has 3 heterocycles. The van der Waals surface area contributed by atoms with E-state index < -0.39 is 151 Å². The summed E-state index contributed by atoms with van der Waals surface area (Å²) in [6.07, 6.45) is -10.4. The van der Waals surface area contributed by atoms with Gasteiger partial charge in [0.25, 0.3) is 5.92 Å². The molecule has 3 unspecified atom stereocenters. The summed E-state index contributed by atoms with van der Waals surface area (Å²) in [6.45, 7) is 3.85. The minimum atomic E-state index is -5.20. The number of anilines is 1. The van der Waals surface area contributed by atoms with Gasteiger partial charge < -0.3 is 11.1 Å². The quantitative estimate of drug-likeness (QED) is 0.0773. The summed E-state index contributed by atoms with van der Waals surface area (Å²) in [4.78, 5) is 43.5. The number of carbonyl (C=O) groups is 3.